The molecule has 1 saturated carbocycles. The molecule has 1 heterocycles. The van der Waals surface area contributed by atoms with Gasteiger partial charge in [-0.05, 0) is 11.6 Å². The van der Waals surface area contributed by atoms with Gasteiger partial charge in [0.15, 0.2) is 10.8 Å². The van der Waals surface area contributed by atoms with E-state index in [-0.39, 0.29) is 0 Å². The molecule has 92 valence electrons. The Morgan fingerprint density at radius 1 is 1.11 bits per heavy atom. The molecule has 0 spiro atoms. The van der Waals surface area contributed by atoms with E-state index in [0.29, 0.717) is 10.0 Å². The number of rotatable bonds is 1. The minimum Gasteiger partial charge on any atom is -0.293 e. The number of piperidine rings is 1. The third-order valence-electron chi connectivity index (χ3n) is 3.92. The van der Waals surface area contributed by atoms with Gasteiger partial charge in [-0.1, -0.05) is 34.1 Å². The van der Waals surface area contributed by atoms with Crippen molar-refractivity contribution < 1.29 is 9.59 Å². The SMILES string of the molecule is N#C[C@@]12C(=O)NC(=O)[C@]1(C#N)C2c1ccccc1Br. The maximum atomic E-state index is 11.9. The van der Waals surface area contributed by atoms with Crippen molar-refractivity contribution in [3.05, 3.63) is 34.3 Å². The first-order valence-corrected chi connectivity index (χ1v) is 6.28. The zero-order valence-electron chi connectivity index (χ0n) is 9.48. The van der Waals surface area contributed by atoms with E-state index < -0.39 is 28.6 Å². The van der Waals surface area contributed by atoms with Crippen molar-refractivity contribution in [1.29, 1.82) is 10.5 Å². The normalized spacial score (nSPS) is 35.0. The molecule has 1 aromatic rings. The van der Waals surface area contributed by atoms with Gasteiger partial charge in [0, 0.05) is 10.4 Å². The summed E-state index contributed by atoms with van der Waals surface area (Å²) in [6.45, 7) is 0. The van der Waals surface area contributed by atoms with Crippen LogP contribution in [0.3, 0.4) is 0 Å². The number of nitrogens with one attached hydrogen (secondary N) is 1. The number of carbonyl (C=O) groups is 2. The van der Waals surface area contributed by atoms with E-state index in [1.165, 1.54) is 0 Å². The van der Waals surface area contributed by atoms with Crippen LogP contribution in [0, 0.1) is 33.5 Å². The number of imide groups is 1. The van der Waals surface area contributed by atoms with Crippen molar-refractivity contribution in [2.75, 3.05) is 0 Å². The van der Waals surface area contributed by atoms with Crippen molar-refractivity contribution in [3.8, 4) is 12.1 Å². The molecule has 5 nitrogen and oxygen atoms in total. The summed E-state index contributed by atoms with van der Waals surface area (Å²) in [7, 11) is 0. The maximum absolute atomic E-state index is 11.9. The van der Waals surface area contributed by atoms with Gasteiger partial charge in [-0.25, -0.2) is 0 Å². The Hall–Kier alpha value is -2.18. The third-order valence-corrected chi connectivity index (χ3v) is 4.64. The van der Waals surface area contributed by atoms with Crippen LogP contribution in [0.4, 0.5) is 0 Å². The summed E-state index contributed by atoms with van der Waals surface area (Å²) < 4.78 is 0.680. The number of hydrogen-bond acceptors (Lipinski definition) is 4. The fourth-order valence-electron chi connectivity index (χ4n) is 2.98. The van der Waals surface area contributed by atoms with Crippen molar-refractivity contribution in [1.82, 2.24) is 5.32 Å². The zero-order valence-corrected chi connectivity index (χ0v) is 11.1. The molecule has 2 fully saturated rings. The fraction of sp³-hybridized carbons (Fsp3) is 0.231. The number of hydrogen-bond donors (Lipinski definition) is 1. The van der Waals surface area contributed by atoms with Gasteiger partial charge < -0.3 is 0 Å². The number of amides is 2. The summed E-state index contributed by atoms with van der Waals surface area (Å²) in [5.41, 5.74) is -2.56. The summed E-state index contributed by atoms with van der Waals surface area (Å²) in [6.07, 6.45) is 0. The van der Waals surface area contributed by atoms with E-state index in [4.69, 9.17) is 0 Å². The molecule has 3 rings (SSSR count). The third kappa shape index (κ3) is 1.04. The summed E-state index contributed by atoms with van der Waals surface area (Å²) >= 11 is 3.33. The largest absolute Gasteiger partial charge is 0.293 e. The van der Waals surface area contributed by atoms with E-state index in [2.05, 4.69) is 21.2 Å². The number of fused-ring (bicyclic) bond motifs is 1. The minimum atomic E-state index is -1.59. The first-order chi connectivity index (χ1) is 9.06. The Balaban J connectivity index is 2.25. The first kappa shape index (κ1) is 11.9. The number of carbonyl (C=O) groups excluding carboxylic acids is 2. The molecule has 0 radical (unpaired) electrons. The van der Waals surface area contributed by atoms with Crippen molar-refractivity contribution in [2.24, 2.45) is 10.8 Å². The monoisotopic (exact) mass is 315 g/mol. The van der Waals surface area contributed by atoms with Crippen LogP contribution in [0.15, 0.2) is 28.7 Å². The van der Waals surface area contributed by atoms with Crippen molar-refractivity contribution in [2.45, 2.75) is 5.92 Å². The van der Waals surface area contributed by atoms with E-state index in [1.807, 2.05) is 12.1 Å². The molecule has 0 bridgehead atoms. The highest BCUT2D eigenvalue weighted by Gasteiger charge is 2.91. The van der Waals surface area contributed by atoms with Crippen molar-refractivity contribution >= 4 is 27.7 Å². The number of nitrogens with zero attached hydrogens (tertiary/aromatic N) is 2. The summed E-state index contributed by atoms with van der Waals surface area (Å²) in [5, 5.41) is 20.8. The Labute approximate surface area is 116 Å². The number of halogens is 1. The molecule has 6 heteroatoms. The van der Waals surface area contributed by atoms with E-state index in [9.17, 15) is 20.1 Å². The standard InChI is InChI=1S/C13H6BrN3O2/c14-8-4-2-1-3-7(8)9-12(5-15)10(18)17-11(19)13(9,12)6-16/h1-4,9H,(H,17,18,19)/t9?,12-,13+. The molecule has 2 amide bonds. The smallest absolute Gasteiger partial charge is 0.250 e. The molecular weight excluding hydrogens is 310 g/mol. The van der Waals surface area contributed by atoms with Crippen LogP contribution >= 0.6 is 15.9 Å². The first-order valence-electron chi connectivity index (χ1n) is 5.49. The lowest BCUT2D eigenvalue weighted by Gasteiger charge is -2.09. The Bertz CT molecular complexity index is 679. The highest BCUT2D eigenvalue weighted by molar-refractivity contribution is 9.10. The van der Waals surface area contributed by atoms with E-state index in [1.54, 1.807) is 24.3 Å². The van der Waals surface area contributed by atoms with Crippen LogP contribution in [-0.2, 0) is 9.59 Å². The summed E-state index contributed by atoms with van der Waals surface area (Å²) in [5.74, 6) is -2.07. The van der Waals surface area contributed by atoms with Gasteiger partial charge in [0.2, 0.25) is 11.8 Å². The highest BCUT2D eigenvalue weighted by atomic mass is 79.9. The van der Waals surface area contributed by atoms with Crippen LogP contribution in [0.5, 0.6) is 0 Å². The van der Waals surface area contributed by atoms with E-state index in [0.717, 1.165) is 0 Å². The lowest BCUT2D eigenvalue weighted by atomic mass is 9.98. The quantitative estimate of drug-likeness (QED) is 0.788. The van der Waals surface area contributed by atoms with Gasteiger partial charge in [-0.2, -0.15) is 10.5 Å². The summed E-state index contributed by atoms with van der Waals surface area (Å²) in [4.78, 5) is 23.8. The highest BCUT2D eigenvalue weighted by Crippen LogP contribution is 2.76. The minimum absolute atomic E-state index is 0.633. The average Bonchev–Trinajstić information content (AvgIpc) is 2.96. The molecular formula is C13H6BrN3O2. The lowest BCUT2D eigenvalue weighted by molar-refractivity contribution is -0.128. The molecule has 2 aliphatic rings. The van der Waals surface area contributed by atoms with Crippen LogP contribution in [0.1, 0.15) is 11.5 Å². The van der Waals surface area contributed by atoms with Gasteiger partial charge in [0.25, 0.3) is 0 Å². The van der Waals surface area contributed by atoms with Gasteiger partial charge >= 0.3 is 0 Å². The maximum Gasteiger partial charge on any atom is 0.250 e. The topological polar surface area (TPSA) is 93.8 Å². The van der Waals surface area contributed by atoms with Crippen LogP contribution < -0.4 is 5.32 Å². The fourth-order valence-corrected chi connectivity index (χ4v) is 3.49. The van der Waals surface area contributed by atoms with Crippen LogP contribution in [-0.4, -0.2) is 11.8 Å². The zero-order chi connectivity index (χ0) is 13.8. The van der Waals surface area contributed by atoms with Gasteiger partial charge in [-0.15, -0.1) is 0 Å². The lowest BCUT2D eigenvalue weighted by Crippen LogP contribution is -2.31. The summed E-state index contributed by atoms with van der Waals surface area (Å²) in [6, 6.07) is 10.8. The molecule has 1 unspecified atom stereocenters. The number of benzene rings is 1. The Kier molecular flexibility index (Phi) is 2.15. The molecule has 1 saturated heterocycles. The number of nitriles is 2. The molecule has 1 aromatic carbocycles. The average molecular weight is 316 g/mol. The van der Waals surface area contributed by atoms with Gasteiger partial charge in [0.1, 0.15) is 0 Å². The second-order valence-electron chi connectivity index (χ2n) is 4.58. The van der Waals surface area contributed by atoms with Gasteiger partial charge in [-0.3, -0.25) is 14.9 Å². The molecule has 19 heavy (non-hydrogen) atoms. The second-order valence-corrected chi connectivity index (χ2v) is 5.43. The predicted octanol–water partition coefficient (Wildman–Crippen LogP) is 1.22. The Morgan fingerprint density at radius 2 is 1.63 bits per heavy atom. The van der Waals surface area contributed by atoms with E-state index >= 15 is 0 Å². The molecule has 0 aromatic heterocycles. The molecule has 3 atom stereocenters. The van der Waals surface area contributed by atoms with Crippen LogP contribution in [0.25, 0.3) is 0 Å². The van der Waals surface area contributed by atoms with Crippen LogP contribution in [0.2, 0.25) is 0 Å². The predicted molar refractivity (Wildman–Crippen MR) is 66.1 cm³/mol. The Morgan fingerprint density at radius 3 is 2.11 bits per heavy atom. The van der Waals surface area contributed by atoms with Crippen molar-refractivity contribution in [3.63, 3.8) is 0 Å². The molecule has 1 aliphatic heterocycles. The van der Waals surface area contributed by atoms with Gasteiger partial charge in [0.05, 0.1) is 12.1 Å². The molecule has 1 aliphatic carbocycles. The molecule has 1 N–H and O–H groups in total. The second kappa shape index (κ2) is 3.43.